The van der Waals surface area contributed by atoms with Crippen molar-refractivity contribution in [1.82, 2.24) is 19.5 Å². The second kappa shape index (κ2) is 13.4. The molecule has 3 aromatic heterocycles. The van der Waals surface area contributed by atoms with Crippen molar-refractivity contribution in [1.29, 1.82) is 0 Å². The minimum atomic E-state index is 0.546. The van der Waals surface area contributed by atoms with Crippen LogP contribution in [0.2, 0.25) is 0 Å². The van der Waals surface area contributed by atoms with Gasteiger partial charge in [0.2, 0.25) is 5.95 Å². The minimum absolute atomic E-state index is 0.546. The van der Waals surface area contributed by atoms with E-state index in [1.165, 1.54) is 10.8 Å². The summed E-state index contributed by atoms with van der Waals surface area (Å²) in [4.78, 5) is 16.7. The molecule has 0 fully saturated rings. The third kappa shape index (κ3) is 5.09. The van der Waals surface area contributed by atoms with Crippen LogP contribution in [0.1, 0.15) is 0 Å². The molecule has 3 heterocycles. The first-order valence-electron chi connectivity index (χ1n) is 21.7. The van der Waals surface area contributed by atoms with Crippen LogP contribution in [0.4, 0.5) is 0 Å². The summed E-state index contributed by atoms with van der Waals surface area (Å²) in [6, 6.07) is 73.3. The van der Waals surface area contributed by atoms with Gasteiger partial charge in [0.1, 0.15) is 11.2 Å². The van der Waals surface area contributed by atoms with Gasteiger partial charge in [-0.15, -0.1) is 0 Å². The Balaban J connectivity index is 1.13. The van der Waals surface area contributed by atoms with Gasteiger partial charge in [-0.05, 0) is 73.1 Å². The summed E-state index contributed by atoms with van der Waals surface area (Å²) < 4.78 is 9.01. The summed E-state index contributed by atoms with van der Waals surface area (Å²) in [6.07, 6.45) is 0. The summed E-state index contributed by atoms with van der Waals surface area (Å²) in [5.74, 6) is 1.70. The van der Waals surface area contributed by atoms with E-state index < -0.39 is 0 Å². The molecule has 0 bridgehead atoms. The molecule has 0 saturated heterocycles. The molecule has 0 unspecified atom stereocenters. The zero-order valence-electron chi connectivity index (χ0n) is 34.3. The van der Waals surface area contributed by atoms with Crippen LogP contribution in [0, 0.1) is 0 Å². The van der Waals surface area contributed by atoms with Crippen molar-refractivity contribution in [2.45, 2.75) is 0 Å². The number of nitrogens with zero attached hydrogens (tertiary/aromatic N) is 4. The number of hydrogen-bond acceptors (Lipinski definition) is 4. The maximum Gasteiger partial charge on any atom is 0.238 e. The minimum Gasteiger partial charge on any atom is -0.455 e. The SMILES string of the molecule is c1ccc2cc(-c3ccc(-c4nc(-c5cc6ccccc6c6oc7ccccc7c56)nc(-n5c6c7ccccc7ccc6c6ccc7ccccc7c65)n4)c4ccccc34)ccc2c1. The summed E-state index contributed by atoms with van der Waals surface area (Å²) in [7, 11) is 0. The lowest BCUT2D eigenvalue weighted by Crippen LogP contribution is -2.07. The summed E-state index contributed by atoms with van der Waals surface area (Å²) in [6.45, 7) is 0. The molecule has 0 atom stereocenters. The van der Waals surface area contributed by atoms with E-state index in [9.17, 15) is 0 Å². The van der Waals surface area contributed by atoms with Crippen LogP contribution in [0.25, 0.3) is 137 Å². The smallest absolute Gasteiger partial charge is 0.238 e. The van der Waals surface area contributed by atoms with Crippen molar-refractivity contribution in [2.24, 2.45) is 0 Å². The highest BCUT2D eigenvalue weighted by Crippen LogP contribution is 2.44. The Morgan fingerprint density at radius 2 is 0.844 bits per heavy atom. The number of benzene rings is 11. The predicted molar refractivity (Wildman–Crippen MR) is 265 cm³/mol. The van der Waals surface area contributed by atoms with E-state index in [0.29, 0.717) is 17.6 Å². The molecule has 11 aromatic carbocycles. The summed E-state index contributed by atoms with van der Waals surface area (Å²) in [5.41, 5.74) is 7.87. The lowest BCUT2D eigenvalue weighted by Gasteiger charge is -2.15. The Labute approximate surface area is 366 Å². The molecule has 0 radical (unpaired) electrons. The van der Waals surface area contributed by atoms with Crippen LogP contribution < -0.4 is 0 Å². The fourth-order valence-electron chi connectivity index (χ4n) is 10.3. The van der Waals surface area contributed by atoms with Crippen molar-refractivity contribution >= 4 is 97.6 Å². The van der Waals surface area contributed by atoms with Crippen LogP contribution in [0.15, 0.2) is 211 Å². The van der Waals surface area contributed by atoms with Gasteiger partial charge >= 0.3 is 0 Å². The fraction of sp³-hybridized carbons (Fsp3) is 0. The molecule has 14 aromatic rings. The van der Waals surface area contributed by atoms with Crippen molar-refractivity contribution in [2.75, 3.05) is 0 Å². The molecular formula is C59H34N4O. The first kappa shape index (κ1) is 35.0. The highest BCUT2D eigenvalue weighted by Gasteiger charge is 2.24. The van der Waals surface area contributed by atoms with Crippen molar-refractivity contribution < 1.29 is 4.42 Å². The Bertz CT molecular complexity index is 4180. The average molecular weight is 815 g/mol. The zero-order valence-corrected chi connectivity index (χ0v) is 34.3. The Morgan fingerprint density at radius 3 is 1.55 bits per heavy atom. The van der Waals surface area contributed by atoms with E-state index in [1.807, 2.05) is 12.1 Å². The molecule has 0 saturated carbocycles. The molecule has 64 heavy (non-hydrogen) atoms. The van der Waals surface area contributed by atoms with Gasteiger partial charge in [-0.3, -0.25) is 4.57 Å². The zero-order chi connectivity index (χ0) is 41.9. The Morgan fingerprint density at radius 1 is 0.328 bits per heavy atom. The predicted octanol–water partition coefficient (Wildman–Crippen LogP) is 15.6. The third-order valence-electron chi connectivity index (χ3n) is 13.2. The normalized spacial score (nSPS) is 12.1. The summed E-state index contributed by atoms with van der Waals surface area (Å²) in [5, 5.41) is 15.5. The molecule has 5 nitrogen and oxygen atoms in total. The lowest BCUT2D eigenvalue weighted by atomic mass is 9.93. The van der Waals surface area contributed by atoms with Gasteiger partial charge in [-0.1, -0.05) is 182 Å². The van der Waals surface area contributed by atoms with Crippen LogP contribution in [0.3, 0.4) is 0 Å². The molecule has 0 amide bonds. The lowest BCUT2D eigenvalue weighted by molar-refractivity contribution is 0.672. The fourth-order valence-corrected chi connectivity index (χ4v) is 10.3. The van der Waals surface area contributed by atoms with Crippen molar-refractivity contribution in [3.63, 3.8) is 0 Å². The van der Waals surface area contributed by atoms with E-state index in [4.69, 9.17) is 19.4 Å². The molecule has 0 aliphatic rings. The number of hydrogen-bond donors (Lipinski definition) is 0. The second-order valence-corrected chi connectivity index (χ2v) is 16.7. The molecule has 0 aliphatic heterocycles. The largest absolute Gasteiger partial charge is 0.455 e. The molecule has 296 valence electrons. The number of para-hydroxylation sites is 1. The number of furan rings is 1. The third-order valence-corrected chi connectivity index (χ3v) is 13.2. The Hall–Kier alpha value is -8.67. The summed E-state index contributed by atoms with van der Waals surface area (Å²) >= 11 is 0. The van der Waals surface area contributed by atoms with Crippen LogP contribution in [0.5, 0.6) is 0 Å². The maximum atomic E-state index is 6.72. The van der Waals surface area contributed by atoms with Crippen LogP contribution in [-0.4, -0.2) is 19.5 Å². The van der Waals surface area contributed by atoms with E-state index >= 15 is 0 Å². The quantitative estimate of drug-likeness (QED) is 0.178. The molecule has 0 N–H and O–H groups in total. The van der Waals surface area contributed by atoms with Gasteiger partial charge in [0.15, 0.2) is 11.6 Å². The van der Waals surface area contributed by atoms with E-state index in [1.54, 1.807) is 0 Å². The van der Waals surface area contributed by atoms with Gasteiger partial charge < -0.3 is 4.42 Å². The van der Waals surface area contributed by atoms with Gasteiger partial charge in [-0.2, -0.15) is 9.97 Å². The van der Waals surface area contributed by atoms with E-state index in [-0.39, 0.29) is 0 Å². The topological polar surface area (TPSA) is 56.7 Å². The van der Waals surface area contributed by atoms with E-state index in [0.717, 1.165) is 109 Å². The van der Waals surface area contributed by atoms with Crippen LogP contribution >= 0.6 is 0 Å². The van der Waals surface area contributed by atoms with Gasteiger partial charge in [0, 0.05) is 48.8 Å². The first-order valence-corrected chi connectivity index (χ1v) is 21.7. The standard InChI is InChI=1S/C59H34N4O/c1-2-16-38-33-40(26-25-35(38)13-1)41-31-32-49(46-22-10-9-21-45(41)46)57-60-58(51-34-39-17-5-8-20-44(39)56-53(51)50-23-11-12-24-52(50)64-56)62-59(61-57)63-54-42-18-6-3-14-36(42)27-29-47(54)48-30-28-37-15-4-7-19-43(37)55(48)63/h1-34H. The maximum absolute atomic E-state index is 6.72. The molecule has 14 rings (SSSR count). The van der Waals surface area contributed by atoms with Gasteiger partial charge in [0.25, 0.3) is 0 Å². The second-order valence-electron chi connectivity index (χ2n) is 16.7. The molecule has 0 spiro atoms. The Kier molecular flexibility index (Phi) is 7.33. The van der Waals surface area contributed by atoms with E-state index in [2.05, 4.69) is 199 Å². The van der Waals surface area contributed by atoms with Crippen LogP contribution in [-0.2, 0) is 0 Å². The molecular weight excluding hydrogens is 781 g/mol. The highest BCUT2D eigenvalue weighted by atomic mass is 16.3. The average Bonchev–Trinajstić information content (AvgIpc) is 3.93. The van der Waals surface area contributed by atoms with Gasteiger partial charge in [0.05, 0.1) is 11.0 Å². The monoisotopic (exact) mass is 814 g/mol. The highest BCUT2D eigenvalue weighted by molar-refractivity contribution is 6.24. The number of fused-ring (bicyclic) bond motifs is 14. The van der Waals surface area contributed by atoms with Gasteiger partial charge in [-0.25, -0.2) is 4.98 Å². The molecule has 0 aliphatic carbocycles. The van der Waals surface area contributed by atoms with Crippen molar-refractivity contribution in [3.05, 3.63) is 206 Å². The molecule has 5 heteroatoms. The van der Waals surface area contributed by atoms with Crippen molar-refractivity contribution in [3.8, 4) is 39.9 Å². The number of aromatic nitrogens is 4. The number of rotatable bonds is 4. The first-order chi connectivity index (χ1) is 31.7.